The predicted molar refractivity (Wildman–Crippen MR) is 122 cm³/mol. The number of nitrogens with one attached hydrogen (secondary N) is 4. The SMILES string of the molecule is NC1C(C2CCCC3NNCC32)CC(c2nccs2)C2NC(c3cccnc3)NC(=O)C12. The van der Waals surface area contributed by atoms with Crippen LogP contribution in [0.5, 0.6) is 0 Å². The highest BCUT2D eigenvalue weighted by Crippen LogP contribution is 2.49. The molecule has 1 amide bonds. The fraction of sp³-hybridized carbons (Fsp3) is 0.609. The molecule has 2 aliphatic carbocycles. The van der Waals surface area contributed by atoms with Gasteiger partial charge < -0.3 is 11.1 Å². The largest absolute Gasteiger partial charge is 0.336 e. The zero-order valence-electron chi connectivity index (χ0n) is 18.0. The van der Waals surface area contributed by atoms with Gasteiger partial charge >= 0.3 is 0 Å². The molecule has 2 aromatic heterocycles. The summed E-state index contributed by atoms with van der Waals surface area (Å²) in [5, 5.41) is 10.1. The monoisotopic (exact) mass is 453 g/mol. The molecular weight excluding hydrogens is 422 g/mol. The first kappa shape index (κ1) is 20.7. The summed E-state index contributed by atoms with van der Waals surface area (Å²) in [7, 11) is 0. The molecule has 2 aliphatic heterocycles. The lowest BCUT2D eigenvalue weighted by Gasteiger charge is -2.52. The van der Waals surface area contributed by atoms with Crippen LogP contribution in [0.1, 0.15) is 48.3 Å². The van der Waals surface area contributed by atoms with E-state index < -0.39 is 0 Å². The third-order valence-electron chi connectivity index (χ3n) is 8.28. The van der Waals surface area contributed by atoms with E-state index >= 15 is 0 Å². The number of hydrazine groups is 1. The fourth-order valence-electron chi connectivity index (χ4n) is 6.85. The van der Waals surface area contributed by atoms with Crippen LogP contribution in [0.15, 0.2) is 36.1 Å². The summed E-state index contributed by atoms with van der Waals surface area (Å²) in [6.07, 6.45) is 9.78. The van der Waals surface area contributed by atoms with E-state index in [9.17, 15) is 4.79 Å². The maximum absolute atomic E-state index is 13.5. The first-order valence-electron chi connectivity index (χ1n) is 11.8. The Hall–Kier alpha value is -1.91. The fourth-order valence-corrected chi connectivity index (χ4v) is 7.65. The molecule has 0 aromatic carbocycles. The minimum Gasteiger partial charge on any atom is -0.336 e. The first-order chi connectivity index (χ1) is 15.7. The number of carbonyl (C=O) groups is 1. The maximum atomic E-state index is 13.5. The van der Waals surface area contributed by atoms with Crippen LogP contribution in [0.2, 0.25) is 0 Å². The number of nitrogens with zero attached hydrogens (tertiary/aromatic N) is 2. The number of fused-ring (bicyclic) bond motifs is 2. The summed E-state index contributed by atoms with van der Waals surface area (Å²) >= 11 is 1.69. The Morgan fingerprint density at radius 1 is 1.16 bits per heavy atom. The highest BCUT2D eigenvalue weighted by Gasteiger charge is 2.54. The van der Waals surface area contributed by atoms with Crippen molar-refractivity contribution in [2.75, 3.05) is 6.54 Å². The van der Waals surface area contributed by atoms with Gasteiger partial charge in [-0.05, 0) is 43.1 Å². The minimum absolute atomic E-state index is 0.0365. The van der Waals surface area contributed by atoms with E-state index in [-0.39, 0.29) is 36.0 Å². The molecule has 4 heterocycles. The molecule has 9 heteroatoms. The van der Waals surface area contributed by atoms with Gasteiger partial charge in [0.05, 0.1) is 10.9 Å². The summed E-state index contributed by atoms with van der Waals surface area (Å²) in [6.45, 7) is 0.988. The van der Waals surface area contributed by atoms with Crippen LogP contribution in [0.25, 0.3) is 0 Å². The number of amides is 1. The molecular formula is C23H31N7OS. The Labute approximate surface area is 192 Å². The molecule has 6 N–H and O–H groups in total. The number of hydrogen-bond donors (Lipinski definition) is 5. The van der Waals surface area contributed by atoms with Crippen LogP contribution < -0.4 is 27.2 Å². The average molecular weight is 454 g/mol. The number of rotatable bonds is 3. The van der Waals surface area contributed by atoms with Crippen molar-refractivity contribution >= 4 is 17.2 Å². The van der Waals surface area contributed by atoms with Gasteiger partial charge in [-0.2, -0.15) is 0 Å². The summed E-state index contributed by atoms with van der Waals surface area (Å²) in [4.78, 5) is 22.4. The van der Waals surface area contributed by atoms with Gasteiger partial charge in [0.2, 0.25) is 5.91 Å². The van der Waals surface area contributed by atoms with E-state index in [0.29, 0.717) is 23.8 Å². The number of hydrogen-bond acceptors (Lipinski definition) is 8. The van der Waals surface area contributed by atoms with E-state index in [4.69, 9.17) is 10.7 Å². The van der Waals surface area contributed by atoms with Crippen LogP contribution in [-0.2, 0) is 4.79 Å². The molecule has 0 bridgehead atoms. The highest BCUT2D eigenvalue weighted by atomic mass is 32.1. The van der Waals surface area contributed by atoms with Gasteiger partial charge in [-0.3, -0.25) is 25.9 Å². The number of carbonyl (C=O) groups excluding carboxylic acids is 1. The van der Waals surface area contributed by atoms with E-state index in [1.54, 1.807) is 17.5 Å². The third-order valence-corrected chi connectivity index (χ3v) is 9.19. The van der Waals surface area contributed by atoms with Gasteiger partial charge in [0, 0.05) is 60.1 Å². The molecule has 4 aliphatic rings. The number of pyridine rings is 1. The van der Waals surface area contributed by atoms with Crippen molar-refractivity contribution in [3.8, 4) is 0 Å². The summed E-state index contributed by atoms with van der Waals surface area (Å²) < 4.78 is 0. The van der Waals surface area contributed by atoms with Crippen molar-refractivity contribution in [1.29, 1.82) is 0 Å². The van der Waals surface area contributed by atoms with E-state index in [0.717, 1.165) is 23.5 Å². The van der Waals surface area contributed by atoms with E-state index in [2.05, 4.69) is 26.5 Å². The van der Waals surface area contributed by atoms with Crippen LogP contribution in [0.4, 0.5) is 0 Å². The standard InChI is InChI=1S/C23H31N7OS/c24-19-14(13-4-1-5-17-16(13)11-27-30-17)9-15(23-26-7-8-32-23)20-18(19)22(31)29-21(28-20)12-3-2-6-25-10-12/h2-3,6-8,10,13-21,27-28,30H,1,4-5,9,11,24H2,(H,29,31). The van der Waals surface area contributed by atoms with Gasteiger partial charge in [-0.1, -0.05) is 12.5 Å². The quantitative estimate of drug-likeness (QED) is 0.475. The zero-order chi connectivity index (χ0) is 21.7. The topological polar surface area (TPSA) is 117 Å². The molecule has 9 unspecified atom stereocenters. The van der Waals surface area contributed by atoms with E-state index in [1.165, 1.54) is 19.3 Å². The second kappa shape index (κ2) is 8.46. The second-order valence-electron chi connectivity index (χ2n) is 9.79. The van der Waals surface area contributed by atoms with Crippen molar-refractivity contribution in [3.05, 3.63) is 46.7 Å². The molecule has 2 aromatic rings. The Morgan fingerprint density at radius 3 is 2.91 bits per heavy atom. The van der Waals surface area contributed by atoms with Crippen molar-refractivity contribution < 1.29 is 4.79 Å². The molecule has 170 valence electrons. The van der Waals surface area contributed by atoms with Gasteiger partial charge in [0.1, 0.15) is 6.17 Å². The number of thiazole rings is 1. The normalized spacial score (nSPS) is 41.5. The summed E-state index contributed by atoms with van der Waals surface area (Å²) in [5.74, 6) is 1.38. The molecule has 0 radical (unpaired) electrons. The molecule has 8 nitrogen and oxygen atoms in total. The Balaban J connectivity index is 1.33. The van der Waals surface area contributed by atoms with Crippen molar-refractivity contribution in [1.82, 2.24) is 31.5 Å². The highest BCUT2D eigenvalue weighted by molar-refractivity contribution is 7.09. The Bertz CT molecular complexity index is 941. The van der Waals surface area contributed by atoms with Gasteiger partial charge in [0.15, 0.2) is 0 Å². The van der Waals surface area contributed by atoms with Crippen molar-refractivity contribution in [2.24, 2.45) is 29.4 Å². The second-order valence-corrected chi connectivity index (χ2v) is 10.7. The van der Waals surface area contributed by atoms with Crippen molar-refractivity contribution in [2.45, 2.75) is 55.9 Å². The molecule has 2 saturated carbocycles. The lowest BCUT2D eigenvalue weighted by molar-refractivity contribution is -0.134. The average Bonchev–Trinajstić information content (AvgIpc) is 3.52. The van der Waals surface area contributed by atoms with Crippen molar-refractivity contribution in [3.63, 3.8) is 0 Å². The van der Waals surface area contributed by atoms with Gasteiger partial charge in [-0.25, -0.2) is 4.98 Å². The molecule has 9 atom stereocenters. The lowest BCUT2D eigenvalue weighted by Crippen LogP contribution is -2.67. The minimum atomic E-state index is -0.265. The molecule has 4 fully saturated rings. The summed E-state index contributed by atoms with van der Waals surface area (Å²) in [5.41, 5.74) is 14.8. The van der Waals surface area contributed by atoms with Gasteiger partial charge in [-0.15, -0.1) is 11.3 Å². The lowest BCUT2D eigenvalue weighted by atomic mass is 9.59. The first-order valence-corrected chi connectivity index (χ1v) is 12.7. The summed E-state index contributed by atoms with van der Waals surface area (Å²) in [6, 6.07) is 4.22. The molecule has 32 heavy (non-hydrogen) atoms. The van der Waals surface area contributed by atoms with E-state index in [1.807, 2.05) is 29.9 Å². The molecule has 0 spiro atoms. The number of nitrogens with two attached hydrogens (primary N) is 1. The Kier molecular flexibility index (Phi) is 5.47. The number of aromatic nitrogens is 2. The van der Waals surface area contributed by atoms with Crippen LogP contribution in [0.3, 0.4) is 0 Å². The van der Waals surface area contributed by atoms with Crippen LogP contribution in [-0.4, -0.2) is 40.5 Å². The van der Waals surface area contributed by atoms with Gasteiger partial charge in [0.25, 0.3) is 0 Å². The smallest absolute Gasteiger partial charge is 0.227 e. The maximum Gasteiger partial charge on any atom is 0.227 e. The molecule has 6 rings (SSSR count). The zero-order valence-corrected chi connectivity index (χ0v) is 18.8. The predicted octanol–water partition coefficient (Wildman–Crippen LogP) is 1.26. The Morgan fingerprint density at radius 2 is 2.09 bits per heavy atom. The molecule has 2 saturated heterocycles. The van der Waals surface area contributed by atoms with Crippen LogP contribution >= 0.6 is 11.3 Å². The van der Waals surface area contributed by atoms with Crippen LogP contribution in [0, 0.1) is 23.7 Å². The third kappa shape index (κ3) is 3.47.